The van der Waals surface area contributed by atoms with Crippen LogP contribution in [0.1, 0.15) is 46.4 Å². The Hall–Kier alpha value is -1.86. The lowest BCUT2D eigenvalue weighted by Gasteiger charge is -1.99. The van der Waals surface area contributed by atoms with Gasteiger partial charge in [-0.3, -0.25) is 10.1 Å². The number of hydrogen-bond donors (Lipinski definition) is 1. The van der Waals surface area contributed by atoms with E-state index in [0.717, 1.165) is 35.4 Å². The Labute approximate surface area is 147 Å². The van der Waals surface area contributed by atoms with Crippen LogP contribution in [0.3, 0.4) is 0 Å². The Morgan fingerprint density at radius 2 is 2.08 bits per heavy atom. The predicted octanol–water partition coefficient (Wildman–Crippen LogP) is 5.19. The number of halogens is 1. The van der Waals surface area contributed by atoms with Gasteiger partial charge in [0, 0.05) is 16.5 Å². The van der Waals surface area contributed by atoms with Crippen LogP contribution < -0.4 is 5.32 Å². The van der Waals surface area contributed by atoms with Crippen molar-refractivity contribution in [2.75, 3.05) is 5.32 Å². The fourth-order valence-electron chi connectivity index (χ4n) is 2.56. The number of nitrogens with zero attached hydrogens (tertiary/aromatic N) is 2. The van der Waals surface area contributed by atoms with Gasteiger partial charge in [-0.2, -0.15) is 0 Å². The van der Waals surface area contributed by atoms with Gasteiger partial charge in [0.2, 0.25) is 5.13 Å². The van der Waals surface area contributed by atoms with Crippen LogP contribution in [-0.4, -0.2) is 16.1 Å². The highest BCUT2D eigenvalue weighted by Gasteiger charge is 2.19. The molecule has 24 heavy (non-hydrogen) atoms. The summed E-state index contributed by atoms with van der Waals surface area (Å²) in [5, 5.41) is 12.9. The van der Waals surface area contributed by atoms with Crippen molar-refractivity contribution >= 4 is 43.8 Å². The molecule has 0 radical (unpaired) electrons. The predicted molar refractivity (Wildman–Crippen MR) is 97.6 cm³/mol. The van der Waals surface area contributed by atoms with Gasteiger partial charge in [-0.15, -0.1) is 21.5 Å². The van der Waals surface area contributed by atoms with Gasteiger partial charge in [0.05, 0.1) is 4.88 Å². The summed E-state index contributed by atoms with van der Waals surface area (Å²) in [5.41, 5.74) is 0.665. The first-order valence-electron chi connectivity index (χ1n) is 7.91. The van der Waals surface area contributed by atoms with Gasteiger partial charge in [0.1, 0.15) is 10.8 Å². The third-order valence-corrected chi connectivity index (χ3v) is 5.95. The van der Waals surface area contributed by atoms with Crippen LogP contribution in [0.25, 0.3) is 10.1 Å². The van der Waals surface area contributed by atoms with E-state index in [-0.39, 0.29) is 11.7 Å². The highest BCUT2D eigenvalue weighted by atomic mass is 32.1. The summed E-state index contributed by atoms with van der Waals surface area (Å²) in [6.07, 6.45) is 4.28. The lowest BCUT2D eigenvalue weighted by Crippen LogP contribution is -2.11. The molecule has 3 rings (SSSR count). The van der Waals surface area contributed by atoms with Gasteiger partial charge in [-0.1, -0.05) is 37.2 Å². The molecule has 4 nitrogen and oxygen atoms in total. The van der Waals surface area contributed by atoms with Crippen LogP contribution in [0.15, 0.2) is 18.2 Å². The van der Waals surface area contributed by atoms with Crippen LogP contribution in [0.5, 0.6) is 0 Å². The van der Waals surface area contributed by atoms with E-state index in [1.54, 1.807) is 13.0 Å². The summed E-state index contributed by atoms with van der Waals surface area (Å²) in [5.74, 6) is -0.557. The zero-order valence-corrected chi connectivity index (χ0v) is 15.2. The number of nitrogens with one attached hydrogen (secondary N) is 1. The molecule has 0 aliphatic carbocycles. The molecule has 2 heterocycles. The largest absolute Gasteiger partial charge is 0.296 e. The van der Waals surface area contributed by atoms with Crippen molar-refractivity contribution in [3.8, 4) is 0 Å². The number of rotatable bonds is 6. The molecule has 126 valence electrons. The number of hydrogen-bond acceptors (Lipinski definition) is 5. The second kappa shape index (κ2) is 7.36. The number of amides is 1. The molecule has 1 N–H and O–H groups in total. The van der Waals surface area contributed by atoms with E-state index >= 15 is 0 Å². The van der Waals surface area contributed by atoms with E-state index < -0.39 is 0 Å². The lowest BCUT2D eigenvalue weighted by molar-refractivity contribution is 0.103. The van der Waals surface area contributed by atoms with E-state index in [1.807, 2.05) is 6.07 Å². The number of carbonyl (C=O) groups excluding carboxylic acids is 1. The van der Waals surface area contributed by atoms with E-state index in [4.69, 9.17) is 0 Å². The first-order valence-corrected chi connectivity index (χ1v) is 9.54. The van der Waals surface area contributed by atoms with Crippen molar-refractivity contribution in [3.63, 3.8) is 0 Å². The number of aryl methyl sites for hydroxylation is 2. The molecule has 0 bridgehead atoms. The number of unbranched alkanes of at least 4 members (excludes halogenated alkanes) is 2. The molecule has 1 amide bonds. The number of fused-ring (bicyclic) bond motifs is 1. The summed E-state index contributed by atoms with van der Waals surface area (Å²) in [6, 6.07) is 4.89. The third-order valence-electron chi connectivity index (χ3n) is 3.79. The Morgan fingerprint density at radius 1 is 1.25 bits per heavy atom. The average molecular weight is 363 g/mol. The van der Waals surface area contributed by atoms with E-state index in [2.05, 4.69) is 22.4 Å². The summed E-state index contributed by atoms with van der Waals surface area (Å²) < 4.78 is 14.7. The molecule has 0 spiro atoms. The fraction of sp³-hybridized carbons (Fsp3) is 0.353. The summed E-state index contributed by atoms with van der Waals surface area (Å²) in [6.45, 7) is 3.93. The first kappa shape index (κ1) is 17.0. The van der Waals surface area contributed by atoms with Crippen molar-refractivity contribution in [2.45, 2.75) is 39.5 Å². The first-order chi connectivity index (χ1) is 11.6. The molecule has 0 fully saturated rings. The highest BCUT2D eigenvalue weighted by molar-refractivity contribution is 7.21. The summed E-state index contributed by atoms with van der Waals surface area (Å²) in [7, 11) is 0. The topological polar surface area (TPSA) is 54.9 Å². The van der Waals surface area contributed by atoms with Gasteiger partial charge >= 0.3 is 0 Å². The molecule has 0 saturated heterocycles. The lowest BCUT2D eigenvalue weighted by atomic mass is 10.1. The molecule has 1 aromatic carbocycles. The maximum Gasteiger partial charge on any atom is 0.267 e. The minimum absolute atomic E-state index is 0.260. The Morgan fingerprint density at radius 3 is 2.83 bits per heavy atom. The monoisotopic (exact) mass is 363 g/mol. The molecular weight excluding hydrogens is 345 g/mol. The summed E-state index contributed by atoms with van der Waals surface area (Å²) >= 11 is 2.69. The molecule has 0 aliphatic rings. The Balaban J connectivity index is 1.76. The molecule has 7 heteroatoms. The third kappa shape index (κ3) is 3.47. The maximum atomic E-state index is 14.0. The molecule has 0 saturated carbocycles. The summed E-state index contributed by atoms with van der Waals surface area (Å²) in [4.78, 5) is 13.0. The van der Waals surface area contributed by atoms with Crippen molar-refractivity contribution in [3.05, 3.63) is 39.5 Å². The Kier molecular flexibility index (Phi) is 5.20. The van der Waals surface area contributed by atoms with Crippen LogP contribution in [0.2, 0.25) is 0 Å². The molecule has 0 atom stereocenters. The zero-order valence-electron chi connectivity index (χ0n) is 13.6. The standard InChI is InChI=1S/C17H18FN3OS2/c1-3-4-5-9-13-20-21-17(24-13)19-16(22)15-10(2)14-11(18)7-6-8-12(14)23-15/h6-8H,3-5,9H2,1-2H3,(H,19,21,22). The van der Waals surface area contributed by atoms with E-state index in [9.17, 15) is 9.18 Å². The minimum atomic E-state index is -0.297. The molecule has 0 aliphatic heterocycles. The van der Waals surface area contributed by atoms with Crippen molar-refractivity contribution < 1.29 is 9.18 Å². The molecule has 3 aromatic rings. The fourth-order valence-corrected chi connectivity index (χ4v) is 4.45. The van der Waals surface area contributed by atoms with Crippen molar-refractivity contribution in [1.29, 1.82) is 0 Å². The van der Waals surface area contributed by atoms with Gasteiger partial charge < -0.3 is 0 Å². The average Bonchev–Trinajstić information content (AvgIpc) is 3.13. The van der Waals surface area contributed by atoms with Crippen molar-refractivity contribution in [2.24, 2.45) is 0 Å². The van der Waals surface area contributed by atoms with Crippen LogP contribution in [0, 0.1) is 12.7 Å². The Bertz CT molecular complexity index is 872. The van der Waals surface area contributed by atoms with Gasteiger partial charge in [0.15, 0.2) is 0 Å². The number of thiophene rings is 1. The van der Waals surface area contributed by atoms with Gasteiger partial charge in [-0.05, 0) is 31.0 Å². The van der Waals surface area contributed by atoms with Gasteiger partial charge in [0.25, 0.3) is 5.91 Å². The smallest absolute Gasteiger partial charge is 0.267 e. The van der Waals surface area contributed by atoms with E-state index in [1.165, 1.54) is 28.7 Å². The normalized spacial score (nSPS) is 11.1. The molecule has 2 aromatic heterocycles. The SMILES string of the molecule is CCCCCc1nnc(NC(=O)c2sc3cccc(F)c3c2C)s1. The molecule has 0 unspecified atom stereocenters. The second-order valence-corrected chi connectivity index (χ2v) is 7.70. The quantitative estimate of drug-likeness (QED) is 0.614. The van der Waals surface area contributed by atoms with Crippen LogP contribution in [0.4, 0.5) is 9.52 Å². The number of benzene rings is 1. The van der Waals surface area contributed by atoms with Gasteiger partial charge in [-0.25, -0.2) is 4.39 Å². The highest BCUT2D eigenvalue weighted by Crippen LogP contribution is 2.33. The van der Waals surface area contributed by atoms with Crippen molar-refractivity contribution in [1.82, 2.24) is 10.2 Å². The number of carbonyl (C=O) groups is 1. The maximum absolute atomic E-state index is 14.0. The zero-order chi connectivity index (χ0) is 17.1. The number of aromatic nitrogens is 2. The van der Waals surface area contributed by atoms with Crippen LogP contribution >= 0.6 is 22.7 Å². The molecular formula is C17H18FN3OS2. The minimum Gasteiger partial charge on any atom is -0.296 e. The van der Waals surface area contributed by atoms with Crippen LogP contribution in [-0.2, 0) is 6.42 Å². The van der Waals surface area contributed by atoms with E-state index in [0.29, 0.717) is 21.0 Å². The number of anilines is 1. The second-order valence-electron chi connectivity index (χ2n) is 5.58.